The summed E-state index contributed by atoms with van der Waals surface area (Å²) in [5, 5.41) is 1.09. The molecule has 3 atom stereocenters. The standard InChI is InChI=1S/C22H31N3O2/c1-15-9-16(2)12-24(11-15)13-19-14-27-8-7-25(19)20-10-18-6-4-5-17(3)21(18)23-22(20)26/h4-6,10,15-16,19H,7-9,11-14H2,1-3H3,(H,23,26). The minimum atomic E-state index is 0.00378. The second-order valence-corrected chi connectivity index (χ2v) is 8.61. The van der Waals surface area contributed by atoms with Crippen LogP contribution in [0, 0.1) is 18.8 Å². The summed E-state index contributed by atoms with van der Waals surface area (Å²) in [5.74, 6) is 1.47. The van der Waals surface area contributed by atoms with E-state index in [1.807, 2.05) is 19.1 Å². The molecule has 0 bridgehead atoms. The highest BCUT2D eigenvalue weighted by Gasteiger charge is 2.30. The molecule has 2 saturated heterocycles. The number of hydrogen-bond donors (Lipinski definition) is 1. The zero-order chi connectivity index (χ0) is 19.0. The molecule has 1 aromatic carbocycles. The Kier molecular flexibility index (Phi) is 5.24. The SMILES string of the molecule is Cc1cccc2cc(N3CCOCC3CN3CC(C)CC(C)C3)c(=O)[nH]c12. The fourth-order valence-corrected chi connectivity index (χ4v) is 4.95. The molecule has 2 aliphatic heterocycles. The van der Waals surface area contributed by atoms with Crippen molar-refractivity contribution >= 4 is 16.6 Å². The molecule has 3 heterocycles. The molecule has 0 aliphatic carbocycles. The van der Waals surface area contributed by atoms with Crippen LogP contribution < -0.4 is 10.5 Å². The number of aryl methyl sites for hydroxylation is 1. The summed E-state index contributed by atoms with van der Waals surface area (Å²) in [6.45, 7) is 12.1. The van der Waals surface area contributed by atoms with Crippen LogP contribution in [-0.4, -0.2) is 55.3 Å². The summed E-state index contributed by atoms with van der Waals surface area (Å²) in [7, 11) is 0. The Hall–Kier alpha value is -1.85. The Morgan fingerprint density at radius 2 is 2.00 bits per heavy atom. The van der Waals surface area contributed by atoms with E-state index in [-0.39, 0.29) is 11.6 Å². The van der Waals surface area contributed by atoms with Gasteiger partial charge in [0.1, 0.15) is 5.69 Å². The summed E-state index contributed by atoms with van der Waals surface area (Å²) in [6.07, 6.45) is 1.31. The van der Waals surface area contributed by atoms with Gasteiger partial charge in [-0.05, 0) is 36.8 Å². The number of hydrogen-bond acceptors (Lipinski definition) is 4. The molecule has 1 N–H and O–H groups in total. The van der Waals surface area contributed by atoms with Crippen molar-refractivity contribution < 1.29 is 4.74 Å². The van der Waals surface area contributed by atoms with E-state index in [9.17, 15) is 4.79 Å². The predicted molar refractivity (Wildman–Crippen MR) is 111 cm³/mol. The smallest absolute Gasteiger partial charge is 0.272 e. The van der Waals surface area contributed by atoms with Crippen molar-refractivity contribution in [2.45, 2.75) is 33.2 Å². The van der Waals surface area contributed by atoms with Crippen molar-refractivity contribution in [2.75, 3.05) is 44.3 Å². The number of rotatable bonds is 3. The zero-order valence-corrected chi connectivity index (χ0v) is 16.7. The van der Waals surface area contributed by atoms with Gasteiger partial charge in [0, 0.05) is 31.6 Å². The van der Waals surface area contributed by atoms with Crippen molar-refractivity contribution in [3.8, 4) is 0 Å². The average molecular weight is 370 g/mol. The molecule has 146 valence electrons. The van der Waals surface area contributed by atoms with Gasteiger partial charge >= 0.3 is 0 Å². The van der Waals surface area contributed by atoms with E-state index < -0.39 is 0 Å². The number of fused-ring (bicyclic) bond motifs is 1. The van der Waals surface area contributed by atoms with Gasteiger partial charge in [-0.2, -0.15) is 0 Å². The Morgan fingerprint density at radius 3 is 2.78 bits per heavy atom. The lowest BCUT2D eigenvalue weighted by Crippen LogP contribution is -2.54. The molecule has 0 spiro atoms. The number of nitrogens with zero attached hydrogens (tertiary/aromatic N) is 2. The second-order valence-electron chi connectivity index (χ2n) is 8.61. The zero-order valence-electron chi connectivity index (χ0n) is 16.7. The highest BCUT2D eigenvalue weighted by atomic mass is 16.5. The van der Waals surface area contributed by atoms with Gasteiger partial charge in [-0.3, -0.25) is 4.79 Å². The number of piperidine rings is 1. The monoisotopic (exact) mass is 369 g/mol. The predicted octanol–water partition coefficient (Wildman–Crippen LogP) is 3.02. The Morgan fingerprint density at radius 1 is 1.22 bits per heavy atom. The van der Waals surface area contributed by atoms with E-state index in [2.05, 4.69) is 40.8 Å². The number of nitrogens with one attached hydrogen (secondary N) is 1. The number of ether oxygens (including phenoxy) is 1. The van der Waals surface area contributed by atoms with Gasteiger partial charge in [-0.15, -0.1) is 0 Å². The topological polar surface area (TPSA) is 48.6 Å². The van der Waals surface area contributed by atoms with Gasteiger partial charge in [0.25, 0.3) is 5.56 Å². The van der Waals surface area contributed by atoms with Crippen molar-refractivity contribution in [1.29, 1.82) is 0 Å². The number of likely N-dealkylation sites (tertiary alicyclic amines) is 1. The van der Waals surface area contributed by atoms with Gasteiger partial charge in [-0.1, -0.05) is 32.0 Å². The molecule has 5 nitrogen and oxygen atoms in total. The maximum absolute atomic E-state index is 12.9. The maximum atomic E-state index is 12.9. The van der Waals surface area contributed by atoms with E-state index >= 15 is 0 Å². The van der Waals surface area contributed by atoms with Crippen LogP contribution in [0.5, 0.6) is 0 Å². The first-order valence-corrected chi connectivity index (χ1v) is 10.2. The van der Waals surface area contributed by atoms with Crippen LogP contribution in [0.3, 0.4) is 0 Å². The van der Waals surface area contributed by atoms with Gasteiger partial charge in [-0.25, -0.2) is 0 Å². The number of benzene rings is 1. The lowest BCUT2D eigenvalue weighted by atomic mass is 9.91. The molecule has 2 aromatic rings. The lowest BCUT2D eigenvalue weighted by molar-refractivity contribution is 0.0634. The van der Waals surface area contributed by atoms with Crippen LogP contribution in [0.2, 0.25) is 0 Å². The van der Waals surface area contributed by atoms with Crippen molar-refractivity contribution in [3.05, 3.63) is 40.2 Å². The molecule has 2 aliphatic rings. The van der Waals surface area contributed by atoms with Crippen molar-refractivity contribution in [1.82, 2.24) is 9.88 Å². The minimum absolute atomic E-state index is 0.00378. The van der Waals surface area contributed by atoms with Crippen LogP contribution in [-0.2, 0) is 4.74 Å². The van der Waals surface area contributed by atoms with Crippen molar-refractivity contribution in [3.63, 3.8) is 0 Å². The van der Waals surface area contributed by atoms with Crippen LogP contribution in [0.1, 0.15) is 25.8 Å². The largest absolute Gasteiger partial charge is 0.377 e. The molecular formula is C22H31N3O2. The lowest BCUT2D eigenvalue weighted by Gasteiger charge is -2.42. The first-order chi connectivity index (χ1) is 13.0. The highest BCUT2D eigenvalue weighted by molar-refractivity contribution is 5.84. The van der Waals surface area contributed by atoms with Crippen molar-refractivity contribution in [2.24, 2.45) is 11.8 Å². The maximum Gasteiger partial charge on any atom is 0.272 e. The van der Waals surface area contributed by atoms with Gasteiger partial charge in [0.2, 0.25) is 0 Å². The molecular weight excluding hydrogens is 338 g/mol. The Labute approximate surface area is 161 Å². The van der Waals surface area contributed by atoms with E-state index in [4.69, 9.17) is 4.74 Å². The summed E-state index contributed by atoms with van der Waals surface area (Å²) in [6, 6.07) is 8.44. The molecule has 4 rings (SSSR count). The third-order valence-corrected chi connectivity index (χ3v) is 6.02. The number of aromatic amines is 1. The third kappa shape index (κ3) is 3.90. The normalized spacial score (nSPS) is 27.2. The number of morpholine rings is 1. The molecule has 2 fully saturated rings. The fraction of sp³-hybridized carbons (Fsp3) is 0.591. The van der Waals surface area contributed by atoms with E-state index in [0.717, 1.165) is 60.2 Å². The minimum Gasteiger partial charge on any atom is -0.377 e. The van der Waals surface area contributed by atoms with E-state index in [0.29, 0.717) is 13.2 Å². The second kappa shape index (κ2) is 7.64. The van der Waals surface area contributed by atoms with Gasteiger partial charge < -0.3 is 19.5 Å². The molecule has 5 heteroatoms. The summed E-state index contributed by atoms with van der Waals surface area (Å²) in [4.78, 5) is 20.8. The Balaban J connectivity index is 1.62. The van der Waals surface area contributed by atoms with E-state index in [1.165, 1.54) is 6.42 Å². The molecule has 0 amide bonds. The molecule has 3 unspecified atom stereocenters. The van der Waals surface area contributed by atoms with Crippen LogP contribution in [0.4, 0.5) is 5.69 Å². The first kappa shape index (κ1) is 18.5. The number of pyridine rings is 1. The number of aromatic nitrogens is 1. The summed E-state index contributed by atoms with van der Waals surface area (Å²) >= 11 is 0. The van der Waals surface area contributed by atoms with Crippen LogP contribution >= 0.6 is 0 Å². The third-order valence-electron chi connectivity index (χ3n) is 6.02. The molecule has 27 heavy (non-hydrogen) atoms. The van der Waals surface area contributed by atoms with Crippen LogP contribution in [0.15, 0.2) is 29.1 Å². The molecule has 0 radical (unpaired) electrons. The Bertz CT molecular complexity index is 852. The van der Waals surface area contributed by atoms with Gasteiger partial charge in [0.05, 0.1) is 24.8 Å². The highest BCUT2D eigenvalue weighted by Crippen LogP contribution is 2.25. The quantitative estimate of drug-likeness (QED) is 0.904. The van der Waals surface area contributed by atoms with E-state index in [1.54, 1.807) is 0 Å². The molecule has 0 saturated carbocycles. The number of anilines is 1. The number of H-pyrrole nitrogens is 1. The number of para-hydroxylation sites is 1. The van der Waals surface area contributed by atoms with Crippen LogP contribution in [0.25, 0.3) is 10.9 Å². The van der Waals surface area contributed by atoms with Gasteiger partial charge in [0.15, 0.2) is 0 Å². The summed E-state index contributed by atoms with van der Waals surface area (Å²) in [5.41, 5.74) is 2.82. The fourth-order valence-electron chi connectivity index (χ4n) is 4.95. The summed E-state index contributed by atoms with van der Waals surface area (Å²) < 4.78 is 5.79. The molecule has 1 aromatic heterocycles. The first-order valence-electron chi connectivity index (χ1n) is 10.2. The average Bonchev–Trinajstić information content (AvgIpc) is 2.62.